The first-order chi connectivity index (χ1) is 11.6. The van der Waals surface area contributed by atoms with Gasteiger partial charge in [-0.1, -0.05) is 24.2 Å². The molecular weight excluding hydrogens is 310 g/mol. The first-order valence-electron chi connectivity index (χ1n) is 8.33. The molecule has 1 atom stereocenters. The van der Waals surface area contributed by atoms with Gasteiger partial charge < -0.3 is 15.2 Å². The zero-order chi connectivity index (χ0) is 16.9. The second-order valence-corrected chi connectivity index (χ2v) is 6.42. The van der Waals surface area contributed by atoms with Crippen LogP contribution in [-0.2, 0) is 13.1 Å². The number of piperidine rings is 1. The molecule has 0 radical (unpaired) electrons. The van der Waals surface area contributed by atoms with E-state index in [1.54, 1.807) is 10.9 Å². The van der Waals surface area contributed by atoms with Gasteiger partial charge >= 0.3 is 0 Å². The van der Waals surface area contributed by atoms with Crippen molar-refractivity contribution in [1.29, 1.82) is 0 Å². The maximum absolute atomic E-state index is 12.1. The molecule has 24 heavy (non-hydrogen) atoms. The fourth-order valence-corrected chi connectivity index (χ4v) is 2.66. The predicted molar refractivity (Wildman–Crippen MR) is 85.2 cm³/mol. The first-order valence-corrected chi connectivity index (χ1v) is 8.33. The molecule has 3 rings (SSSR count). The Bertz CT molecular complexity index is 673. The lowest BCUT2D eigenvalue weighted by molar-refractivity contribution is 0.0941. The Kier molecular flexibility index (Phi) is 5.19. The van der Waals surface area contributed by atoms with E-state index in [1.165, 1.54) is 12.8 Å². The number of amides is 1. The fraction of sp³-hybridized carbons (Fsp3) is 0.667. The molecule has 2 aromatic heterocycles. The molecule has 2 N–H and O–H groups in total. The zero-order valence-corrected chi connectivity index (χ0v) is 14.0. The van der Waals surface area contributed by atoms with E-state index in [0.29, 0.717) is 23.3 Å². The lowest BCUT2D eigenvalue weighted by atomic mass is 10.00. The summed E-state index contributed by atoms with van der Waals surface area (Å²) >= 11 is 0. The maximum atomic E-state index is 12.1. The van der Waals surface area contributed by atoms with Crippen molar-refractivity contribution < 1.29 is 9.32 Å². The summed E-state index contributed by atoms with van der Waals surface area (Å²) in [4.78, 5) is 16.4. The average molecular weight is 333 g/mol. The van der Waals surface area contributed by atoms with Crippen molar-refractivity contribution >= 4 is 5.91 Å². The van der Waals surface area contributed by atoms with Crippen LogP contribution in [0.15, 0.2) is 10.7 Å². The number of nitrogens with zero attached hydrogens (tertiary/aromatic N) is 5. The van der Waals surface area contributed by atoms with Gasteiger partial charge in [-0.2, -0.15) is 4.98 Å². The van der Waals surface area contributed by atoms with Crippen LogP contribution in [0.4, 0.5) is 0 Å². The van der Waals surface area contributed by atoms with Gasteiger partial charge in [0.05, 0.1) is 12.7 Å². The second kappa shape index (κ2) is 7.52. The molecule has 2 aromatic rings. The molecule has 1 saturated heterocycles. The summed E-state index contributed by atoms with van der Waals surface area (Å²) in [5.41, 5.74) is 0.294. The van der Waals surface area contributed by atoms with Crippen LogP contribution in [0.2, 0.25) is 0 Å². The highest BCUT2D eigenvalue weighted by Crippen LogP contribution is 2.12. The number of nitrogens with one attached hydrogen (secondary N) is 2. The van der Waals surface area contributed by atoms with Crippen molar-refractivity contribution in [2.45, 2.75) is 45.7 Å². The number of carbonyl (C=O) groups excluding carboxylic acids is 1. The number of hydrogen-bond acceptors (Lipinski definition) is 7. The molecule has 9 nitrogen and oxygen atoms in total. The lowest BCUT2D eigenvalue weighted by Gasteiger charge is -2.22. The van der Waals surface area contributed by atoms with Crippen LogP contribution in [-0.4, -0.2) is 44.1 Å². The Morgan fingerprint density at radius 3 is 3.12 bits per heavy atom. The van der Waals surface area contributed by atoms with E-state index in [9.17, 15) is 4.79 Å². The SMILES string of the molecule is CC(C)c1noc(CNC(=O)c2cn(C[C@@H]3CCCNC3)nn2)n1. The van der Waals surface area contributed by atoms with E-state index in [2.05, 4.69) is 31.1 Å². The third kappa shape index (κ3) is 4.16. The topological polar surface area (TPSA) is 111 Å². The molecule has 1 aliphatic rings. The first kappa shape index (κ1) is 16.6. The molecule has 0 bridgehead atoms. The average Bonchev–Trinajstić information content (AvgIpc) is 3.23. The summed E-state index contributed by atoms with van der Waals surface area (Å²) in [5, 5.41) is 17.9. The summed E-state index contributed by atoms with van der Waals surface area (Å²) in [6.45, 7) is 6.97. The van der Waals surface area contributed by atoms with Gasteiger partial charge in [0.15, 0.2) is 11.5 Å². The number of hydrogen-bond donors (Lipinski definition) is 2. The molecule has 0 aliphatic carbocycles. The minimum atomic E-state index is -0.299. The summed E-state index contributed by atoms with van der Waals surface area (Å²) in [6, 6.07) is 0. The molecule has 1 aliphatic heterocycles. The van der Waals surface area contributed by atoms with E-state index in [0.717, 1.165) is 19.6 Å². The van der Waals surface area contributed by atoms with E-state index < -0.39 is 0 Å². The van der Waals surface area contributed by atoms with Gasteiger partial charge in [0, 0.05) is 12.5 Å². The minimum Gasteiger partial charge on any atom is -0.342 e. The third-order valence-corrected chi connectivity index (χ3v) is 4.02. The monoisotopic (exact) mass is 333 g/mol. The maximum Gasteiger partial charge on any atom is 0.273 e. The highest BCUT2D eigenvalue weighted by atomic mass is 16.5. The number of carbonyl (C=O) groups is 1. The number of rotatable bonds is 6. The van der Waals surface area contributed by atoms with Gasteiger partial charge in [0.1, 0.15) is 0 Å². The van der Waals surface area contributed by atoms with Crippen LogP contribution in [0.3, 0.4) is 0 Å². The molecule has 3 heterocycles. The molecular formula is C15H23N7O2. The molecule has 0 unspecified atom stereocenters. The Morgan fingerprint density at radius 2 is 2.42 bits per heavy atom. The van der Waals surface area contributed by atoms with E-state index >= 15 is 0 Å². The summed E-state index contributed by atoms with van der Waals surface area (Å²) < 4.78 is 6.83. The highest BCUT2D eigenvalue weighted by Gasteiger charge is 2.17. The van der Waals surface area contributed by atoms with E-state index in [1.807, 2.05) is 13.8 Å². The van der Waals surface area contributed by atoms with Crippen molar-refractivity contribution in [3.8, 4) is 0 Å². The molecule has 0 spiro atoms. The van der Waals surface area contributed by atoms with Crippen LogP contribution < -0.4 is 10.6 Å². The second-order valence-electron chi connectivity index (χ2n) is 6.42. The number of aromatic nitrogens is 5. The van der Waals surface area contributed by atoms with Crippen LogP contribution in [0.25, 0.3) is 0 Å². The van der Waals surface area contributed by atoms with Crippen molar-refractivity contribution in [2.75, 3.05) is 13.1 Å². The minimum absolute atomic E-state index is 0.179. The largest absolute Gasteiger partial charge is 0.342 e. The normalized spacial score (nSPS) is 18.0. The van der Waals surface area contributed by atoms with Crippen molar-refractivity contribution in [3.63, 3.8) is 0 Å². The van der Waals surface area contributed by atoms with E-state index in [4.69, 9.17) is 4.52 Å². The van der Waals surface area contributed by atoms with Crippen molar-refractivity contribution in [3.05, 3.63) is 23.6 Å². The van der Waals surface area contributed by atoms with Gasteiger partial charge in [0.2, 0.25) is 5.89 Å². The van der Waals surface area contributed by atoms with Gasteiger partial charge in [-0.05, 0) is 31.8 Å². The van der Waals surface area contributed by atoms with Gasteiger partial charge in [-0.3, -0.25) is 9.48 Å². The summed E-state index contributed by atoms with van der Waals surface area (Å²) in [5.74, 6) is 1.43. The van der Waals surface area contributed by atoms with Gasteiger partial charge in [-0.25, -0.2) is 0 Å². The van der Waals surface area contributed by atoms with E-state index in [-0.39, 0.29) is 18.4 Å². The molecule has 0 saturated carbocycles. The van der Waals surface area contributed by atoms with Crippen LogP contribution >= 0.6 is 0 Å². The predicted octanol–water partition coefficient (Wildman–Crippen LogP) is 0.714. The smallest absolute Gasteiger partial charge is 0.273 e. The van der Waals surface area contributed by atoms with Gasteiger partial charge in [0.25, 0.3) is 5.91 Å². The lowest BCUT2D eigenvalue weighted by Crippen LogP contribution is -2.32. The zero-order valence-electron chi connectivity index (χ0n) is 14.0. The fourth-order valence-electron chi connectivity index (χ4n) is 2.66. The van der Waals surface area contributed by atoms with Crippen molar-refractivity contribution in [1.82, 2.24) is 35.8 Å². The third-order valence-electron chi connectivity index (χ3n) is 4.02. The highest BCUT2D eigenvalue weighted by molar-refractivity contribution is 5.91. The van der Waals surface area contributed by atoms with Gasteiger partial charge in [-0.15, -0.1) is 5.10 Å². The Hall–Kier alpha value is -2.29. The van der Waals surface area contributed by atoms with Crippen LogP contribution in [0.5, 0.6) is 0 Å². The summed E-state index contributed by atoms with van der Waals surface area (Å²) in [7, 11) is 0. The summed E-state index contributed by atoms with van der Waals surface area (Å²) in [6.07, 6.45) is 4.02. The molecule has 1 amide bonds. The molecule has 0 aromatic carbocycles. The molecule has 130 valence electrons. The molecule has 1 fully saturated rings. The van der Waals surface area contributed by atoms with Crippen LogP contribution in [0.1, 0.15) is 54.8 Å². The quantitative estimate of drug-likeness (QED) is 0.801. The van der Waals surface area contributed by atoms with Crippen LogP contribution in [0, 0.1) is 5.92 Å². The van der Waals surface area contributed by atoms with Crippen molar-refractivity contribution in [2.24, 2.45) is 5.92 Å². The standard InChI is InChI=1S/C15H23N7O2/c1-10(2)14-18-13(24-20-14)7-17-15(23)12-9-22(21-19-12)8-11-4-3-5-16-6-11/h9-11,16H,3-8H2,1-2H3,(H,17,23)/t11-/m1/s1. The Labute approximate surface area is 140 Å². The Morgan fingerprint density at radius 1 is 1.54 bits per heavy atom. The Balaban J connectivity index is 1.51. The molecule has 9 heteroatoms.